The van der Waals surface area contributed by atoms with Gasteiger partial charge in [0.1, 0.15) is 0 Å². The van der Waals surface area contributed by atoms with E-state index in [1.165, 1.54) is 17.9 Å². The molecule has 22 heavy (non-hydrogen) atoms. The van der Waals surface area contributed by atoms with Crippen molar-refractivity contribution in [2.24, 2.45) is 0 Å². The predicted octanol–water partition coefficient (Wildman–Crippen LogP) is 2.08. The second-order valence-electron chi connectivity index (χ2n) is 5.70. The molecular formula is C17H23N3O2. The summed E-state index contributed by atoms with van der Waals surface area (Å²) in [6, 6.07) is 8.12. The van der Waals surface area contributed by atoms with Crippen LogP contribution >= 0.6 is 0 Å². The Morgan fingerprint density at radius 3 is 2.68 bits per heavy atom. The monoisotopic (exact) mass is 301 g/mol. The zero-order chi connectivity index (χ0) is 16.1. The fourth-order valence-electron chi connectivity index (χ4n) is 2.54. The van der Waals surface area contributed by atoms with Gasteiger partial charge >= 0.3 is 0 Å². The molecule has 0 fully saturated rings. The Morgan fingerprint density at radius 2 is 2.00 bits per heavy atom. The molecule has 0 aliphatic carbocycles. The van der Waals surface area contributed by atoms with E-state index in [0.717, 1.165) is 11.9 Å². The first kappa shape index (κ1) is 16.1. The second-order valence-corrected chi connectivity index (χ2v) is 5.70. The lowest BCUT2D eigenvalue weighted by Gasteiger charge is -2.24. The Morgan fingerprint density at radius 1 is 1.27 bits per heavy atom. The number of nitrogens with one attached hydrogen (secondary N) is 2. The van der Waals surface area contributed by atoms with Crippen LogP contribution in [-0.2, 0) is 16.0 Å². The van der Waals surface area contributed by atoms with Crippen LogP contribution in [0.1, 0.15) is 26.3 Å². The molecule has 1 aromatic heterocycles. The number of fused-ring (bicyclic) bond motifs is 1. The Kier molecular flexibility index (Phi) is 5.20. The molecule has 0 aliphatic heterocycles. The molecule has 1 aromatic carbocycles. The SMILES string of the molecule is CC(=O)N(CC(=O)NCCc1c[nH]c2ccccc12)C(C)C. The summed E-state index contributed by atoms with van der Waals surface area (Å²) in [7, 11) is 0. The molecule has 2 amide bonds. The van der Waals surface area contributed by atoms with E-state index >= 15 is 0 Å². The van der Waals surface area contributed by atoms with Crippen molar-refractivity contribution in [1.82, 2.24) is 15.2 Å². The molecule has 2 aromatic rings. The number of aromatic nitrogens is 1. The Hall–Kier alpha value is -2.30. The Bertz CT molecular complexity index is 661. The molecule has 0 saturated carbocycles. The average Bonchev–Trinajstić information content (AvgIpc) is 2.88. The van der Waals surface area contributed by atoms with E-state index < -0.39 is 0 Å². The number of hydrogen-bond donors (Lipinski definition) is 2. The number of rotatable bonds is 6. The van der Waals surface area contributed by atoms with Crippen LogP contribution in [0.2, 0.25) is 0 Å². The minimum atomic E-state index is -0.122. The summed E-state index contributed by atoms with van der Waals surface area (Å²) in [6.07, 6.45) is 2.74. The van der Waals surface area contributed by atoms with E-state index in [0.29, 0.717) is 6.54 Å². The van der Waals surface area contributed by atoms with E-state index in [4.69, 9.17) is 0 Å². The molecule has 0 atom stereocenters. The Labute approximate surface area is 130 Å². The molecule has 0 saturated heterocycles. The van der Waals surface area contributed by atoms with Gasteiger partial charge in [0.2, 0.25) is 11.8 Å². The van der Waals surface area contributed by atoms with Crippen molar-refractivity contribution < 1.29 is 9.59 Å². The van der Waals surface area contributed by atoms with E-state index in [9.17, 15) is 9.59 Å². The molecule has 0 unspecified atom stereocenters. The fourth-order valence-corrected chi connectivity index (χ4v) is 2.54. The highest BCUT2D eigenvalue weighted by atomic mass is 16.2. The first-order valence-electron chi connectivity index (χ1n) is 7.58. The molecule has 0 aliphatic rings. The van der Waals surface area contributed by atoms with Gasteiger partial charge in [0, 0.05) is 36.6 Å². The number of hydrogen-bond acceptors (Lipinski definition) is 2. The predicted molar refractivity (Wildman–Crippen MR) is 87.5 cm³/mol. The van der Waals surface area contributed by atoms with Gasteiger partial charge in [-0.15, -0.1) is 0 Å². The number of aromatic amines is 1. The van der Waals surface area contributed by atoms with E-state index in [1.807, 2.05) is 38.2 Å². The lowest BCUT2D eigenvalue weighted by Crippen LogP contribution is -2.43. The van der Waals surface area contributed by atoms with Crippen LogP contribution in [0.5, 0.6) is 0 Å². The molecule has 0 bridgehead atoms. The maximum atomic E-state index is 11.9. The van der Waals surface area contributed by atoms with Gasteiger partial charge in [-0.05, 0) is 31.9 Å². The number of amides is 2. The molecule has 5 heteroatoms. The van der Waals surface area contributed by atoms with Crippen LogP contribution in [0.3, 0.4) is 0 Å². The summed E-state index contributed by atoms with van der Waals surface area (Å²) in [5.74, 6) is -0.203. The summed E-state index contributed by atoms with van der Waals surface area (Å²) in [5.41, 5.74) is 2.29. The van der Waals surface area contributed by atoms with E-state index in [1.54, 1.807) is 4.90 Å². The van der Waals surface area contributed by atoms with Gasteiger partial charge in [-0.25, -0.2) is 0 Å². The summed E-state index contributed by atoms with van der Waals surface area (Å²) in [5, 5.41) is 4.06. The number of benzene rings is 1. The summed E-state index contributed by atoms with van der Waals surface area (Å²) < 4.78 is 0. The first-order chi connectivity index (χ1) is 10.5. The minimum Gasteiger partial charge on any atom is -0.361 e. The molecule has 1 heterocycles. The second kappa shape index (κ2) is 7.11. The highest BCUT2D eigenvalue weighted by molar-refractivity contribution is 5.84. The maximum absolute atomic E-state index is 11.9. The highest BCUT2D eigenvalue weighted by Crippen LogP contribution is 2.17. The van der Waals surface area contributed by atoms with Gasteiger partial charge in [-0.2, -0.15) is 0 Å². The standard InChI is InChI=1S/C17H23N3O2/c1-12(2)20(13(3)21)11-17(22)18-9-8-14-10-19-16-7-5-4-6-15(14)16/h4-7,10,12,19H,8-9,11H2,1-3H3,(H,18,22). The van der Waals surface area contributed by atoms with Crippen LogP contribution in [-0.4, -0.2) is 40.8 Å². The topological polar surface area (TPSA) is 65.2 Å². The zero-order valence-corrected chi connectivity index (χ0v) is 13.3. The number of H-pyrrole nitrogens is 1. The highest BCUT2D eigenvalue weighted by Gasteiger charge is 2.16. The first-order valence-corrected chi connectivity index (χ1v) is 7.58. The van der Waals surface area contributed by atoms with Crippen LogP contribution in [0.25, 0.3) is 10.9 Å². The molecule has 118 valence electrons. The van der Waals surface area contributed by atoms with E-state index in [-0.39, 0.29) is 24.4 Å². The number of nitrogens with zero attached hydrogens (tertiary/aromatic N) is 1. The third-order valence-corrected chi connectivity index (χ3v) is 3.73. The molecule has 0 spiro atoms. The number of carbonyl (C=O) groups is 2. The van der Waals surface area contributed by atoms with E-state index in [2.05, 4.69) is 16.4 Å². The fraction of sp³-hybridized carbons (Fsp3) is 0.412. The Balaban J connectivity index is 1.85. The minimum absolute atomic E-state index is 0.0249. The van der Waals surface area contributed by atoms with Crippen molar-refractivity contribution in [3.63, 3.8) is 0 Å². The lowest BCUT2D eigenvalue weighted by atomic mass is 10.1. The summed E-state index contributed by atoms with van der Waals surface area (Å²) in [6.45, 7) is 5.96. The van der Waals surface area contributed by atoms with Crippen LogP contribution < -0.4 is 5.32 Å². The van der Waals surface area contributed by atoms with Gasteiger partial charge < -0.3 is 15.2 Å². The molecule has 2 N–H and O–H groups in total. The number of para-hydroxylation sites is 1. The summed E-state index contributed by atoms with van der Waals surface area (Å²) >= 11 is 0. The molecule has 0 radical (unpaired) electrons. The third-order valence-electron chi connectivity index (χ3n) is 3.73. The summed E-state index contributed by atoms with van der Waals surface area (Å²) in [4.78, 5) is 28.2. The van der Waals surface area contributed by atoms with Crippen molar-refractivity contribution in [1.29, 1.82) is 0 Å². The van der Waals surface area contributed by atoms with Gasteiger partial charge in [-0.1, -0.05) is 18.2 Å². The van der Waals surface area contributed by atoms with Crippen molar-refractivity contribution in [3.8, 4) is 0 Å². The van der Waals surface area contributed by atoms with Gasteiger partial charge in [-0.3, -0.25) is 9.59 Å². The smallest absolute Gasteiger partial charge is 0.239 e. The molecular weight excluding hydrogens is 278 g/mol. The molecule has 2 rings (SSSR count). The van der Waals surface area contributed by atoms with Crippen LogP contribution in [0, 0.1) is 0 Å². The van der Waals surface area contributed by atoms with Gasteiger partial charge in [0.05, 0.1) is 6.54 Å². The quantitative estimate of drug-likeness (QED) is 0.858. The van der Waals surface area contributed by atoms with Crippen molar-refractivity contribution in [3.05, 3.63) is 36.0 Å². The van der Waals surface area contributed by atoms with Crippen molar-refractivity contribution >= 4 is 22.7 Å². The average molecular weight is 301 g/mol. The third kappa shape index (κ3) is 3.87. The van der Waals surface area contributed by atoms with Crippen molar-refractivity contribution in [2.75, 3.05) is 13.1 Å². The lowest BCUT2D eigenvalue weighted by molar-refractivity contribution is -0.135. The van der Waals surface area contributed by atoms with Gasteiger partial charge in [0.15, 0.2) is 0 Å². The molecule has 5 nitrogen and oxygen atoms in total. The maximum Gasteiger partial charge on any atom is 0.239 e. The largest absolute Gasteiger partial charge is 0.361 e. The van der Waals surface area contributed by atoms with Gasteiger partial charge in [0.25, 0.3) is 0 Å². The van der Waals surface area contributed by atoms with Crippen LogP contribution in [0.15, 0.2) is 30.5 Å². The normalized spacial score (nSPS) is 10.9. The zero-order valence-electron chi connectivity index (χ0n) is 13.3. The van der Waals surface area contributed by atoms with Crippen molar-refractivity contribution in [2.45, 2.75) is 33.2 Å². The van der Waals surface area contributed by atoms with Crippen LogP contribution in [0.4, 0.5) is 0 Å². The number of carbonyl (C=O) groups excluding carboxylic acids is 2.